The molecule has 1 unspecified atom stereocenters. The van der Waals surface area contributed by atoms with Gasteiger partial charge in [-0.2, -0.15) is 4.98 Å². The molecule has 0 fully saturated rings. The number of guanidine groups is 1. The molecule has 0 bridgehead atoms. The van der Waals surface area contributed by atoms with Gasteiger partial charge in [-0.3, -0.25) is 4.99 Å². The van der Waals surface area contributed by atoms with Crippen LogP contribution in [0, 0.1) is 0 Å². The van der Waals surface area contributed by atoms with Gasteiger partial charge in [0.05, 0.1) is 6.54 Å². The highest BCUT2D eigenvalue weighted by atomic mass is 35.5. The van der Waals surface area contributed by atoms with E-state index in [1.807, 2.05) is 31.2 Å². The van der Waals surface area contributed by atoms with Crippen LogP contribution >= 0.6 is 11.6 Å². The number of nitrogens with zero attached hydrogens (tertiary/aromatic N) is 3. The maximum atomic E-state index is 5.99. The van der Waals surface area contributed by atoms with E-state index in [0.29, 0.717) is 35.7 Å². The lowest BCUT2D eigenvalue weighted by Gasteiger charge is -2.15. The van der Waals surface area contributed by atoms with Gasteiger partial charge in [-0.1, -0.05) is 35.8 Å². The summed E-state index contributed by atoms with van der Waals surface area (Å²) in [5.41, 5.74) is 0.841. The molecule has 2 aromatic rings. The average molecular weight is 350 g/mol. The standard InChI is InChI=1S/C17H24ClN5O/c1-4-12(3)21-17(19-5-2)20-10-9-15-22-16(23-24-15)13-7-6-8-14(18)11-13/h6-8,11-12H,4-5,9-10H2,1-3H3,(H2,19,20,21). The molecule has 6 nitrogen and oxygen atoms in total. The molecular weight excluding hydrogens is 326 g/mol. The van der Waals surface area contributed by atoms with E-state index in [1.54, 1.807) is 0 Å². The number of halogens is 1. The summed E-state index contributed by atoms with van der Waals surface area (Å²) in [5.74, 6) is 1.91. The van der Waals surface area contributed by atoms with E-state index in [-0.39, 0.29) is 0 Å². The Balaban J connectivity index is 1.95. The van der Waals surface area contributed by atoms with Gasteiger partial charge in [0, 0.05) is 29.6 Å². The minimum atomic E-state index is 0.376. The van der Waals surface area contributed by atoms with Crippen molar-refractivity contribution < 1.29 is 4.52 Å². The van der Waals surface area contributed by atoms with Gasteiger partial charge < -0.3 is 15.2 Å². The van der Waals surface area contributed by atoms with Crippen LogP contribution in [-0.4, -0.2) is 35.2 Å². The predicted molar refractivity (Wildman–Crippen MR) is 97.3 cm³/mol. The molecule has 1 heterocycles. The van der Waals surface area contributed by atoms with E-state index in [4.69, 9.17) is 16.1 Å². The monoisotopic (exact) mass is 349 g/mol. The lowest BCUT2D eigenvalue weighted by atomic mass is 10.2. The van der Waals surface area contributed by atoms with Crippen LogP contribution in [0.15, 0.2) is 33.8 Å². The maximum absolute atomic E-state index is 5.99. The molecule has 1 atom stereocenters. The molecule has 2 rings (SSSR count). The zero-order valence-corrected chi connectivity index (χ0v) is 15.1. The molecule has 1 aromatic heterocycles. The SMILES string of the molecule is CCNC(=NCCc1nc(-c2cccc(Cl)c2)no1)NC(C)CC. The Morgan fingerprint density at radius 2 is 2.21 bits per heavy atom. The van der Waals surface area contributed by atoms with E-state index in [9.17, 15) is 0 Å². The summed E-state index contributed by atoms with van der Waals surface area (Å²) in [6.07, 6.45) is 1.63. The molecule has 0 spiro atoms. The molecule has 0 saturated heterocycles. The Labute approximate surface area is 147 Å². The van der Waals surface area contributed by atoms with Crippen LogP contribution in [0.5, 0.6) is 0 Å². The zero-order valence-electron chi connectivity index (χ0n) is 14.3. The third-order valence-electron chi connectivity index (χ3n) is 3.49. The maximum Gasteiger partial charge on any atom is 0.228 e. The molecule has 0 aliphatic rings. The second-order valence-electron chi connectivity index (χ2n) is 5.49. The first kappa shape index (κ1) is 18.3. The van der Waals surface area contributed by atoms with Crippen molar-refractivity contribution in [1.29, 1.82) is 0 Å². The number of aromatic nitrogens is 2. The Kier molecular flexibility index (Phi) is 7.06. The number of hydrogen-bond acceptors (Lipinski definition) is 4. The van der Waals surface area contributed by atoms with Crippen molar-refractivity contribution in [3.05, 3.63) is 35.2 Å². The van der Waals surface area contributed by atoms with E-state index in [2.05, 4.69) is 39.6 Å². The van der Waals surface area contributed by atoms with Crippen LogP contribution in [0.1, 0.15) is 33.1 Å². The van der Waals surface area contributed by atoms with Gasteiger partial charge >= 0.3 is 0 Å². The molecule has 0 amide bonds. The van der Waals surface area contributed by atoms with Crippen molar-refractivity contribution in [3.8, 4) is 11.4 Å². The topological polar surface area (TPSA) is 75.3 Å². The van der Waals surface area contributed by atoms with Crippen molar-refractivity contribution >= 4 is 17.6 Å². The molecule has 2 N–H and O–H groups in total. The predicted octanol–water partition coefficient (Wildman–Crippen LogP) is 3.29. The normalized spacial score (nSPS) is 12.9. The minimum absolute atomic E-state index is 0.376. The highest BCUT2D eigenvalue weighted by molar-refractivity contribution is 6.30. The molecule has 24 heavy (non-hydrogen) atoms. The van der Waals surface area contributed by atoms with Gasteiger partial charge in [0.25, 0.3) is 0 Å². The first-order valence-corrected chi connectivity index (χ1v) is 8.63. The van der Waals surface area contributed by atoms with Gasteiger partial charge in [0.15, 0.2) is 5.96 Å². The van der Waals surface area contributed by atoms with E-state index >= 15 is 0 Å². The Bertz CT molecular complexity index is 671. The molecule has 7 heteroatoms. The fraction of sp³-hybridized carbons (Fsp3) is 0.471. The molecule has 0 radical (unpaired) electrons. The first-order valence-electron chi connectivity index (χ1n) is 8.25. The summed E-state index contributed by atoms with van der Waals surface area (Å²) in [4.78, 5) is 8.93. The first-order chi connectivity index (χ1) is 11.6. The summed E-state index contributed by atoms with van der Waals surface area (Å²) in [7, 11) is 0. The Morgan fingerprint density at radius 1 is 1.38 bits per heavy atom. The van der Waals surface area contributed by atoms with Crippen LogP contribution in [0.25, 0.3) is 11.4 Å². The van der Waals surface area contributed by atoms with Crippen molar-refractivity contribution in [2.75, 3.05) is 13.1 Å². The van der Waals surface area contributed by atoms with E-state index in [1.165, 1.54) is 0 Å². The third-order valence-corrected chi connectivity index (χ3v) is 3.72. The van der Waals surface area contributed by atoms with Crippen LogP contribution in [0.4, 0.5) is 0 Å². The van der Waals surface area contributed by atoms with Crippen molar-refractivity contribution in [1.82, 2.24) is 20.8 Å². The highest BCUT2D eigenvalue weighted by Crippen LogP contribution is 2.19. The Morgan fingerprint density at radius 3 is 2.92 bits per heavy atom. The second-order valence-corrected chi connectivity index (χ2v) is 5.92. The van der Waals surface area contributed by atoms with Crippen LogP contribution in [0.2, 0.25) is 5.02 Å². The summed E-state index contributed by atoms with van der Waals surface area (Å²) in [6, 6.07) is 7.76. The van der Waals surface area contributed by atoms with Crippen LogP contribution in [-0.2, 0) is 6.42 Å². The van der Waals surface area contributed by atoms with Crippen molar-refractivity contribution in [2.24, 2.45) is 4.99 Å². The molecular formula is C17H24ClN5O. The van der Waals surface area contributed by atoms with Crippen molar-refractivity contribution in [3.63, 3.8) is 0 Å². The fourth-order valence-corrected chi connectivity index (χ4v) is 2.21. The number of rotatable bonds is 7. The summed E-state index contributed by atoms with van der Waals surface area (Å²) < 4.78 is 5.29. The van der Waals surface area contributed by atoms with Crippen molar-refractivity contribution in [2.45, 2.75) is 39.7 Å². The fourth-order valence-electron chi connectivity index (χ4n) is 2.02. The summed E-state index contributed by atoms with van der Waals surface area (Å²) in [6.45, 7) is 7.70. The van der Waals surface area contributed by atoms with Gasteiger partial charge in [0.1, 0.15) is 0 Å². The Hall–Kier alpha value is -2.08. The number of aliphatic imine (C=N–C) groups is 1. The highest BCUT2D eigenvalue weighted by Gasteiger charge is 2.09. The molecule has 0 aliphatic heterocycles. The van der Waals surface area contributed by atoms with Crippen LogP contribution < -0.4 is 10.6 Å². The number of hydrogen-bond donors (Lipinski definition) is 2. The zero-order chi connectivity index (χ0) is 17.4. The van der Waals surface area contributed by atoms with Gasteiger partial charge in [-0.05, 0) is 32.4 Å². The van der Waals surface area contributed by atoms with E-state index in [0.717, 1.165) is 24.5 Å². The molecule has 130 valence electrons. The van der Waals surface area contributed by atoms with Gasteiger partial charge in [-0.15, -0.1) is 0 Å². The number of benzene rings is 1. The summed E-state index contributed by atoms with van der Waals surface area (Å²) in [5, 5.41) is 11.2. The lowest BCUT2D eigenvalue weighted by molar-refractivity contribution is 0.380. The van der Waals surface area contributed by atoms with Gasteiger partial charge in [-0.25, -0.2) is 0 Å². The largest absolute Gasteiger partial charge is 0.357 e. The van der Waals surface area contributed by atoms with E-state index < -0.39 is 0 Å². The summed E-state index contributed by atoms with van der Waals surface area (Å²) >= 11 is 5.99. The quantitative estimate of drug-likeness (QED) is 0.592. The number of nitrogens with one attached hydrogen (secondary N) is 2. The third kappa shape index (κ3) is 5.53. The molecule has 1 aromatic carbocycles. The smallest absolute Gasteiger partial charge is 0.228 e. The molecule has 0 saturated carbocycles. The second kappa shape index (κ2) is 9.27. The van der Waals surface area contributed by atoms with Crippen LogP contribution in [0.3, 0.4) is 0 Å². The molecule has 0 aliphatic carbocycles. The minimum Gasteiger partial charge on any atom is -0.357 e. The van der Waals surface area contributed by atoms with Gasteiger partial charge in [0.2, 0.25) is 11.7 Å². The average Bonchev–Trinajstić information content (AvgIpc) is 3.04. The lowest BCUT2D eigenvalue weighted by Crippen LogP contribution is -2.42.